The average molecular weight is 325 g/mol. The van der Waals surface area contributed by atoms with Crippen LogP contribution >= 0.6 is 0 Å². The summed E-state index contributed by atoms with van der Waals surface area (Å²) in [4.78, 5) is 12.3. The second-order valence-corrected chi connectivity index (χ2v) is 8.79. The predicted molar refractivity (Wildman–Crippen MR) is 79.0 cm³/mol. The summed E-state index contributed by atoms with van der Waals surface area (Å²) >= 11 is 0.273. The van der Waals surface area contributed by atoms with Crippen molar-refractivity contribution in [2.24, 2.45) is 5.92 Å². The SMILES string of the molecule is CC(C)(C)OC[C@H]1CC(=O)C([Se]c2ccccc2)C1. The monoisotopic (exact) mass is 326 g/mol. The maximum atomic E-state index is 12.1. The second kappa shape index (κ2) is 6.21. The van der Waals surface area contributed by atoms with Crippen LogP contribution in [0.15, 0.2) is 30.3 Å². The van der Waals surface area contributed by atoms with E-state index in [9.17, 15) is 4.79 Å². The van der Waals surface area contributed by atoms with E-state index in [1.165, 1.54) is 4.46 Å². The molecular weight excluding hydrogens is 303 g/mol. The third-order valence-corrected chi connectivity index (χ3v) is 5.86. The quantitative estimate of drug-likeness (QED) is 0.796. The minimum absolute atomic E-state index is 0.105. The van der Waals surface area contributed by atoms with Gasteiger partial charge >= 0.3 is 122 Å². The van der Waals surface area contributed by atoms with Crippen LogP contribution in [0.25, 0.3) is 0 Å². The molecule has 0 spiro atoms. The Morgan fingerprint density at radius 1 is 1.26 bits per heavy atom. The topological polar surface area (TPSA) is 26.3 Å². The van der Waals surface area contributed by atoms with Crippen molar-refractivity contribution < 1.29 is 9.53 Å². The van der Waals surface area contributed by atoms with Crippen molar-refractivity contribution in [1.82, 2.24) is 0 Å². The summed E-state index contributed by atoms with van der Waals surface area (Å²) < 4.78 is 7.14. The molecule has 1 saturated carbocycles. The van der Waals surface area contributed by atoms with Crippen molar-refractivity contribution >= 4 is 25.2 Å². The number of rotatable bonds is 4. The Hall–Kier alpha value is -0.631. The Kier molecular flexibility index (Phi) is 4.83. The summed E-state index contributed by atoms with van der Waals surface area (Å²) in [7, 11) is 0. The molecule has 1 unspecified atom stereocenters. The zero-order valence-corrected chi connectivity index (χ0v) is 13.6. The van der Waals surface area contributed by atoms with E-state index in [0.717, 1.165) is 13.0 Å². The van der Waals surface area contributed by atoms with Gasteiger partial charge in [0, 0.05) is 0 Å². The molecule has 104 valence electrons. The van der Waals surface area contributed by atoms with Crippen LogP contribution in [-0.4, -0.2) is 32.9 Å². The second-order valence-electron chi connectivity index (χ2n) is 6.12. The number of Topliss-reactive ketones (excluding diaryl/α,β-unsaturated/α-hetero) is 1. The van der Waals surface area contributed by atoms with E-state index in [-0.39, 0.29) is 25.4 Å². The molecular formula is C16H22O2Se. The van der Waals surface area contributed by atoms with E-state index >= 15 is 0 Å². The van der Waals surface area contributed by atoms with E-state index in [2.05, 4.69) is 45.0 Å². The summed E-state index contributed by atoms with van der Waals surface area (Å²) in [5.74, 6) is 0.855. The summed E-state index contributed by atoms with van der Waals surface area (Å²) in [6, 6.07) is 10.4. The van der Waals surface area contributed by atoms with Gasteiger partial charge in [0.2, 0.25) is 0 Å². The van der Waals surface area contributed by atoms with E-state index in [1.54, 1.807) is 0 Å². The number of carbonyl (C=O) groups is 1. The van der Waals surface area contributed by atoms with Crippen LogP contribution in [0.4, 0.5) is 0 Å². The summed E-state index contributed by atoms with van der Waals surface area (Å²) in [5, 5.41) is 0. The van der Waals surface area contributed by atoms with Gasteiger partial charge in [-0.15, -0.1) is 0 Å². The van der Waals surface area contributed by atoms with E-state index in [1.807, 2.05) is 6.07 Å². The van der Waals surface area contributed by atoms with Crippen LogP contribution in [0.5, 0.6) is 0 Å². The van der Waals surface area contributed by atoms with Crippen molar-refractivity contribution in [1.29, 1.82) is 0 Å². The number of carbonyl (C=O) groups excluding carboxylic acids is 1. The molecule has 1 aliphatic carbocycles. The van der Waals surface area contributed by atoms with Crippen molar-refractivity contribution in [3.63, 3.8) is 0 Å². The van der Waals surface area contributed by atoms with Crippen LogP contribution in [0.1, 0.15) is 33.6 Å². The molecule has 1 aromatic carbocycles. The van der Waals surface area contributed by atoms with Crippen molar-refractivity contribution in [2.75, 3.05) is 6.61 Å². The van der Waals surface area contributed by atoms with Gasteiger partial charge in [0.25, 0.3) is 0 Å². The minimum atomic E-state index is -0.105. The molecule has 0 bridgehead atoms. The first-order valence-electron chi connectivity index (χ1n) is 6.82. The number of benzene rings is 1. The number of hydrogen-bond donors (Lipinski definition) is 0. The molecule has 2 nitrogen and oxygen atoms in total. The first kappa shape index (κ1) is 14.8. The predicted octanol–water partition coefficient (Wildman–Crippen LogP) is 2.60. The molecule has 0 radical (unpaired) electrons. The normalized spacial score (nSPS) is 23.8. The van der Waals surface area contributed by atoms with Gasteiger partial charge in [-0.1, -0.05) is 0 Å². The molecule has 0 aliphatic heterocycles. The standard InChI is InChI=1S/C16H22O2Se/c1-16(2,3)18-11-12-9-14(17)15(10-12)19-13-7-5-4-6-8-13/h4-8,12,15H,9-11H2,1-3H3/t12-,15?/m0/s1. The van der Waals surface area contributed by atoms with Crippen molar-refractivity contribution in [3.05, 3.63) is 30.3 Å². The third kappa shape index (κ3) is 4.76. The van der Waals surface area contributed by atoms with Gasteiger partial charge in [-0.2, -0.15) is 0 Å². The molecule has 0 heterocycles. The first-order valence-corrected chi connectivity index (χ1v) is 8.67. The molecule has 3 heteroatoms. The Balaban J connectivity index is 1.86. The molecule has 0 amide bonds. The van der Waals surface area contributed by atoms with Crippen molar-refractivity contribution in [3.8, 4) is 0 Å². The first-order chi connectivity index (χ1) is 8.94. The molecule has 1 fully saturated rings. The maximum absolute atomic E-state index is 12.1. The number of ketones is 1. The van der Waals surface area contributed by atoms with Gasteiger partial charge in [0.15, 0.2) is 0 Å². The number of ether oxygens (including phenoxy) is 1. The van der Waals surface area contributed by atoms with Gasteiger partial charge in [-0.05, 0) is 0 Å². The van der Waals surface area contributed by atoms with Gasteiger partial charge in [-0.25, -0.2) is 0 Å². The zero-order chi connectivity index (χ0) is 13.9. The molecule has 19 heavy (non-hydrogen) atoms. The summed E-state index contributed by atoms with van der Waals surface area (Å²) in [5.41, 5.74) is -0.105. The Bertz CT molecular complexity index is 422. The van der Waals surface area contributed by atoms with E-state index < -0.39 is 0 Å². The molecule has 2 rings (SSSR count). The van der Waals surface area contributed by atoms with Gasteiger partial charge < -0.3 is 0 Å². The van der Waals surface area contributed by atoms with Crippen LogP contribution in [0, 0.1) is 5.92 Å². The Morgan fingerprint density at radius 3 is 2.58 bits per heavy atom. The van der Waals surface area contributed by atoms with Gasteiger partial charge in [0.05, 0.1) is 0 Å². The van der Waals surface area contributed by atoms with Crippen LogP contribution in [0.3, 0.4) is 0 Å². The molecule has 2 atom stereocenters. The average Bonchev–Trinajstić information content (AvgIpc) is 2.68. The Labute approximate surface area is 122 Å². The van der Waals surface area contributed by atoms with Gasteiger partial charge in [-0.3, -0.25) is 0 Å². The van der Waals surface area contributed by atoms with Crippen LogP contribution in [-0.2, 0) is 9.53 Å². The van der Waals surface area contributed by atoms with Crippen LogP contribution < -0.4 is 4.46 Å². The summed E-state index contributed by atoms with van der Waals surface area (Å²) in [6.45, 7) is 6.91. The van der Waals surface area contributed by atoms with E-state index in [4.69, 9.17) is 4.74 Å². The Morgan fingerprint density at radius 2 is 1.95 bits per heavy atom. The molecule has 1 aromatic rings. The molecule has 0 saturated heterocycles. The molecule has 0 N–H and O–H groups in total. The fourth-order valence-corrected chi connectivity index (χ4v) is 4.80. The van der Waals surface area contributed by atoms with Crippen molar-refractivity contribution in [2.45, 2.75) is 44.0 Å². The van der Waals surface area contributed by atoms with Gasteiger partial charge in [0.1, 0.15) is 0 Å². The fraction of sp³-hybridized carbons (Fsp3) is 0.562. The number of hydrogen-bond acceptors (Lipinski definition) is 2. The van der Waals surface area contributed by atoms with Crippen LogP contribution in [0.2, 0.25) is 4.82 Å². The molecule has 0 aromatic heterocycles. The fourth-order valence-electron chi connectivity index (χ4n) is 2.21. The molecule has 1 aliphatic rings. The summed E-state index contributed by atoms with van der Waals surface area (Å²) in [6.07, 6.45) is 1.71. The van der Waals surface area contributed by atoms with E-state index in [0.29, 0.717) is 18.1 Å². The third-order valence-electron chi connectivity index (χ3n) is 3.17. The zero-order valence-electron chi connectivity index (χ0n) is 11.9.